The molecule has 1 amide bonds. The lowest BCUT2D eigenvalue weighted by Gasteiger charge is -2.40. The summed E-state index contributed by atoms with van der Waals surface area (Å²) in [4.78, 5) is 12.9. The van der Waals surface area contributed by atoms with E-state index in [2.05, 4.69) is 19.2 Å². The summed E-state index contributed by atoms with van der Waals surface area (Å²) in [6, 6.07) is -0.796. The lowest BCUT2D eigenvalue weighted by Crippen LogP contribution is -2.60. The minimum atomic E-state index is -1.56. The zero-order valence-corrected chi connectivity index (χ0v) is 31.5. The molecular formula is C40H77NO8. The lowest BCUT2D eigenvalue weighted by atomic mass is 9.99. The quantitative estimate of drug-likeness (QED) is 0.0307. The average Bonchev–Trinajstić information content (AvgIpc) is 3.10. The number of ether oxygens (including phenoxy) is 2. The van der Waals surface area contributed by atoms with E-state index in [4.69, 9.17) is 9.47 Å². The maximum Gasteiger partial charge on any atom is 0.220 e. The van der Waals surface area contributed by atoms with Crippen molar-refractivity contribution in [2.45, 2.75) is 224 Å². The van der Waals surface area contributed by atoms with Crippen molar-refractivity contribution in [3.8, 4) is 0 Å². The summed E-state index contributed by atoms with van der Waals surface area (Å²) in [6.45, 7) is 3.75. The number of aliphatic hydroxyl groups excluding tert-OH is 5. The Morgan fingerprint density at radius 3 is 1.59 bits per heavy atom. The highest BCUT2D eigenvalue weighted by molar-refractivity contribution is 5.76. The first-order valence-corrected chi connectivity index (χ1v) is 20.4. The van der Waals surface area contributed by atoms with Gasteiger partial charge in [-0.05, 0) is 19.3 Å². The first-order chi connectivity index (χ1) is 23.8. The molecular weight excluding hydrogens is 622 g/mol. The van der Waals surface area contributed by atoms with Gasteiger partial charge in [-0.15, -0.1) is 0 Å². The number of hydrogen-bond acceptors (Lipinski definition) is 8. The smallest absolute Gasteiger partial charge is 0.220 e. The number of rotatable bonds is 33. The van der Waals surface area contributed by atoms with E-state index in [-0.39, 0.29) is 12.5 Å². The van der Waals surface area contributed by atoms with Crippen LogP contribution in [-0.2, 0) is 14.3 Å². The number of hydrogen-bond donors (Lipinski definition) is 6. The Morgan fingerprint density at radius 2 is 1.12 bits per heavy atom. The Labute approximate surface area is 299 Å². The van der Waals surface area contributed by atoms with Crippen molar-refractivity contribution in [3.05, 3.63) is 12.2 Å². The van der Waals surface area contributed by atoms with Gasteiger partial charge in [-0.25, -0.2) is 0 Å². The van der Waals surface area contributed by atoms with E-state index in [1.54, 1.807) is 6.08 Å². The SMILES string of the molecule is CCCCCCCCCCCCC/C=C/C(O)C(COC1OC(CO)[C@H](O)[C@@H](O)C1O)NC(=O)CCCCCCCCCCCCCCC. The molecule has 290 valence electrons. The lowest BCUT2D eigenvalue weighted by molar-refractivity contribution is -0.302. The van der Waals surface area contributed by atoms with Gasteiger partial charge < -0.3 is 40.3 Å². The van der Waals surface area contributed by atoms with Gasteiger partial charge in [-0.2, -0.15) is 0 Å². The molecule has 1 aliphatic heterocycles. The predicted molar refractivity (Wildman–Crippen MR) is 198 cm³/mol. The topological polar surface area (TPSA) is 149 Å². The van der Waals surface area contributed by atoms with E-state index in [1.165, 1.54) is 122 Å². The summed E-state index contributed by atoms with van der Waals surface area (Å²) in [7, 11) is 0. The van der Waals surface area contributed by atoms with Gasteiger partial charge in [0.15, 0.2) is 6.29 Å². The number of carbonyl (C=O) groups excluding carboxylic acids is 1. The Bertz CT molecular complexity index is 781. The van der Waals surface area contributed by atoms with Crippen LogP contribution in [-0.4, -0.2) is 87.5 Å². The summed E-state index contributed by atoms with van der Waals surface area (Å²) < 4.78 is 11.2. The first kappa shape index (κ1) is 46.0. The van der Waals surface area contributed by atoms with Crippen LogP contribution in [0.2, 0.25) is 0 Å². The molecule has 0 saturated carbocycles. The van der Waals surface area contributed by atoms with E-state index in [0.29, 0.717) is 6.42 Å². The van der Waals surface area contributed by atoms with Gasteiger partial charge in [0, 0.05) is 6.42 Å². The normalized spacial score (nSPS) is 22.5. The third-order valence-electron chi connectivity index (χ3n) is 9.86. The van der Waals surface area contributed by atoms with E-state index >= 15 is 0 Å². The summed E-state index contributed by atoms with van der Waals surface area (Å²) in [5.74, 6) is -0.178. The van der Waals surface area contributed by atoms with Crippen LogP contribution in [0.1, 0.15) is 181 Å². The van der Waals surface area contributed by atoms with Crippen LogP contribution in [0.4, 0.5) is 0 Å². The van der Waals surface area contributed by atoms with Crippen molar-refractivity contribution >= 4 is 5.91 Å². The van der Waals surface area contributed by atoms with Crippen LogP contribution in [0.15, 0.2) is 12.2 Å². The van der Waals surface area contributed by atoms with E-state index in [0.717, 1.165) is 38.5 Å². The van der Waals surface area contributed by atoms with Gasteiger partial charge >= 0.3 is 0 Å². The Morgan fingerprint density at radius 1 is 0.673 bits per heavy atom. The highest BCUT2D eigenvalue weighted by Crippen LogP contribution is 2.22. The van der Waals surface area contributed by atoms with Crippen LogP contribution in [0.3, 0.4) is 0 Å². The molecule has 0 aromatic heterocycles. The Hall–Kier alpha value is -1.07. The van der Waals surface area contributed by atoms with E-state index < -0.39 is 49.5 Å². The highest BCUT2D eigenvalue weighted by Gasteiger charge is 2.44. The van der Waals surface area contributed by atoms with Gasteiger partial charge in [-0.3, -0.25) is 4.79 Å². The summed E-state index contributed by atoms with van der Waals surface area (Å²) in [6.07, 6.45) is 26.7. The molecule has 0 spiro atoms. The summed E-state index contributed by atoms with van der Waals surface area (Å²) in [5, 5.41) is 53.9. The largest absolute Gasteiger partial charge is 0.394 e. The molecule has 0 aromatic rings. The molecule has 1 aliphatic rings. The summed E-state index contributed by atoms with van der Waals surface area (Å²) >= 11 is 0. The number of unbranched alkanes of at least 4 members (excludes halogenated alkanes) is 23. The van der Waals surface area contributed by atoms with Crippen molar-refractivity contribution in [2.24, 2.45) is 0 Å². The molecule has 1 saturated heterocycles. The minimum absolute atomic E-state index is 0.178. The van der Waals surface area contributed by atoms with E-state index in [1.807, 2.05) is 6.08 Å². The fourth-order valence-electron chi connectivity index (χ4n) is 6.51. The van der Waals surface area contributed by atoms with Crippen LogP contribution >= 0.6 is 0 Å². The third-order valence-corrected chi connectivity index (χ3v) is 9.86. The molecule has 49 heavy (non-hydrogen) atoms. The average molecular weight is 700 g/mol. The second-order valence-electron chi connectivity index (χ2n) is 14.4. The second-order valence-corrected chi connectivity index (χ2v) is 14.4. The van der Waals surface area contributed by atoms with Crippen LogP contribution in [0, 0.1) is 0 Å². The molecule has 0 bridgehead atoms. The molecule has 1 heterocycles. The van der Waals surface area contributed by atoms with Gasteiger partial charge in [0.05, 0.1) is 25.4 Å². The molecule has 1 fully saturated rings. The van der Waals surface area contributed by atoms with Crippen molar-refractivity contribution < 1.29 is 39.8 Å². The molecule has 5 unspecified atom stereocenters. The number of allylic oxidation sites excluding steroid dienone is 1. The highest BCUT2D eigenvalue weighted by atomic mass is 16.7. The standard InChI is InChI=1S/C40H77NO8/c1-3-5-7-9-11-13-15-17-19-21-23-25-27-29-34(43)33(32-48-40-39(47)38(46)37(45)35(31-42)49-40)41-36(44)30-28-26-24-22-20-18-16-14-12-10-8-6-4-2/h27,29,33-35,37-40,42-43,45-47H,3-26,28,30-32H2,1-2H3,(H,41,44)/b29-27+/t33?,34?,35?,37-,38+,39?,40?/m0/s1. The summed E-state index contributed by atoms with van der Waals surface area (Å²) in [5.41, 5.74) is 0. The van der Waals surface area contributed by atoms with Gasteiger partial charge in [0.1, 0.15) is 24.4 Å². The molecule has 0 aromatic carbocycles. The third kappa shape index (κ3) is 23.2. The van der Waals surface area contributed by atoms with Crippen molar-refractivity contribution in [3.63, 3.8) is 0 Å². The Balaban J connectivity index is 2.43. The number of nitrogens with one attached hydrogen (secondary N) is 1. The van der Waals surface area contributed by atoms with Crippen LogP contribution in [0.25, 0.3) is 0 Å². The van der Waals surface area contributed by atoms with Gasteiger partial charge in [-0.1, -0.05) is 167 Å². The molecule has 1 rings (SSSR count). The predicted octanol–water partition coefficient (Wildman–Crippen LogP) is 7.39. The minimum Gasteiger partial charge on any atom is -0.394 e. The second kappa shape index (κ2) is 31.6. The maximum atomic E-state index is 12.9. The monoisotopic (exact) mass is 700 g/mol. The van der Waals surface area contributed by atoms with Gasteiger partial charge in [0.2, 0.25) is 5.91 Å². The zero-order chi connectivity index (χ0) is 36.0. The van der Waals surface area contributed by atoms with Crippen molar-refractivity contribution in [1.29, 1.82) is 0 Å². The maximum absolute atomic E-state index is 12.9. The molecule has 0 aliphatic carbocycles. The van der Waals surface area contributed by atoms with Crippen LogP contribution in [0.5, 0.6) is 0 Å². The molecule has 9 heteroatoms. The Kier molecular flexibility index (Phi) is 29.7. The molecule has 7 atom stereocenters. The number of amides is 1. The number of carbonyl (C=O) groups is 1. The first-order valence-electron chi connectivity index (χ1n) is 20.4. The molecule has 6 N–H and O–H groups in total. The van der Waals surface area contributed by atoms with E-state index in [9.17, 15) is 30.3 Å². The fraction of sp³-hybridized carbons (Fsp3) is 0.925. The van der Waals surface area contributed by atoms with Crippen molar-refractivity contribution in [2.75, 3.05) is 13.2 Å². The van der Waals surface area contributed by atoms with Gasteiger partial charge in [0.25, 0.3) is 0 Å². The molecule has 0 radical (unpaired) electrons. The van der Waals surface area contributed by atoms with Crippen LogP contribution < -0.4 is 5.32 Å². The van der Waals surface area contributed by atoms with Crippen molar-refractivity contribution in [1.82, 2.24) is 5.32 Å². The fourth-order valence-corrected chi connectivity index (χ4v) is 6.51. The molecule has 9 nitrogen and oxygen atoms in total. The number of aliphatic hydroxyl groups is 5. The zero-order valence-electron chi connectivity index (χ0n) is 31.5.